The number of rotatable bonds is 10. The van der Waals surface area contributed by atoms with Crippen LogP contribution in [0.2, 0.25) is 10.0 Å². The van der Waals surface area contributed by atoms with Crippen LogP contribution in [0.25, 0.3) is 0 Å². The van der Waals surface area contributed by atoms with E-state index in [1.165, 1.54) is 11.1 Å². The largest absolute Gasteiger partial charge is 0.478 e. The van der Waals surface area contributed by atoms with Gasteiger partial charge in [-0.3, -0.25) is 0 Å². The van der Waals surface area contributed by atoms with Gasteiger partial charge in [0.1, 0.15) is 0 Å². The molecule has 3 aromatic rings. The van der Waals surface area contributed by atoms with Crippen molar-refractivity contribution in [2.24, 2.45) is 0 Å². The van der Waals surface area contributed by atoms with Crippen LogP contribution in [0.1, 0.15) is 16.4 Å². The van der Waals surface area contributed by atoms with E-state index >= 15 is 0 Å². The highest BCUT2D eigenvalue weighted by Crippen LogP contribution is 2.34. The zero-order chi connectivity index (χ0) is 24.1. The normalized spacial score (nSPS) is 11.6. The van der Waals surface area contributed by atoms with Gasteiger partial charge >= 0.3 is 11.9 Å². The third kappa shape index (κ3) is 11.3. The molecular weight excluding hydrogens is 503 g/mol. The first-order valence-electron chi connectivity index (χ1n) is 9.62. The maximum absolute atomic E-state index is 9.55. The molecular formula is C23H22Cl2N2O4S2. The van der Waals surface area contributed by atoms with Gasteiger partial charge in [0.15, 0.2) is 0 Å². The summed E-state index contributed by atoms with van der Waals surface area (Å²) < 4.78 is 2.12. The Morgan fingerprint density at radius 3 is 2.06 bits per heavy atom. The number of imidazole rings is 1. The summed E-state index contributed by atoms with van der Waals surface area (Å²) in [6.45, 7) is 0.897. The Morgan fingerprint density at radius 1 is 0.970 bits per heavy atom. The first-order valence-corrected chi connectivity index (χ1v) is 12.6. The molecule has 174 valence electrons. The predicted octanol–water partition coefficient (Wildman–Crippen LogP) is 6.27. The Bertz CT molecular complexity index is 1010. The van der Waals surface area contributed by atoms with Crippen molar-refractivity contribution in [1.82, 2.24) is 9.55 Å². The minimum atomic E-state index is -1.26. The molecule has 0 spiro atoms. The molecule has 1 heterocycles. The smallest absolute Gasteiger partial charge is 0.328 e. The number of aromatic nitrogens is 2. The van der Waals surface area contributed by atoms with Crippen LogP contribution in [-0.2, 0) is 21.9 Å². The van der Waals surface area contributed by atoms with Crippen LogP contribution in [0.4, 0.5) is 0 Å². The summed E-state index contributed by atoms with van der Waals surface area (Å²) >= 11 is 15.8. The molecule has 2 N–H and O–H groups in total. The summed E-state index contributed by atoms with van der Waals surface area (Å²) in [5.41, 5.74) is 2.59. The van der Waals surface area contributed by atoms with Crippen LogP contribution in [0.5, 0.6) is 0 Å². The van der Waals surface area contributed by atoms with Gasteiger partial charge in [0.25, 0.3) is 0 Å². The highest BCUT2D eigenvalue weighted by molar-refractivity contribution is 8.15. The number of hydrogen-bond donors (Lipinski definition) is 2. The Morgan fingerprint density at radius 2 is 1.55 bits per heavy atom. The molecule has 0 radical (unpaired) electrons. The third-order valence-electron chi connectivity index (χ3n) is 4.08. The minimum Gasteiger partial charge on any atom is -0.478 e. The first kappa shape index (κ1) is 26.9. The predicted molar refractivity (Wildman–Crippen MR) is 136 cm³/mol. The van der Waals surface area contributed by atoms with Crippen molar-refractivity contribution in [3.05, 3.63) is 101 Å². The van der Waals surface area contributed by atoms with E-state index in [-0.39, 0.29) is 0 Å². The molecule has 1 unspecified atom stereocenters. The Balaban J connectivity index is 0.000000414. The number of carboxylic acids is 2. The molecule has 6 nitrogen and oxygen atoms in total. The van der Waals surface area contributed by atoms with Crippen molar-refractivity contribution < 1.29 is 19.8 Å². The van der Waals surface area contributed by atoms with Crippen LogP contribution >= 0.6 is 46.7 Å². The molecule has 0 saturated carbocycles. The third-order valence-corrected chi connectivity index (χ3v) is 7.16. The lowest BCUT2D eigenvalue weighted by molar-refractivity contribution is -0.134. The molecule has 0 saturated heterocycles. The van der Waals surface area contributed by atoms with Gasteiger partial charge in [-0.2, -0.15) is 0 Å². The van der Waals surface area contributed by atoms with E-state index in [1.807, 2.05) is 66.5 Å². The van der Waals surface area contributed by atoms with Crippen molar-refractivity contribution in [1.29, 1.82) is 0 Å². The van der Waals surface area contributed by atoms with Gasteiger partial charge < -0.3 is 14.8 Å². The van der Waals surface area contributed by atoms with E-state index in [9.17, 15) is 9.59 Å². The second-order valence-corrected chi connectivity index (χ2v) is 9.98. The monoisotopic (exact) mass is 524 g/mol. The average molecular weight is 525 g/mol. The number of nitrogens with zero attached hydrogens (tertiary/aromatic N) is 2. The average Bonchev–Trinajstić information content (AvgIpc) is 3.30. The molecule has 1 aromatic heterocycles. The number of halogens is 2. The number of hydrogen-bond acceptors (Lipinski definition) is 5. The molecule has 0 fully saturated rings. The molecule has 1 atom stereocenters. The maximum Gasteiger partial charge on any atom is 0.328 e. The van der Waals surface area contributed by atoms with Crippen molar-refractivity contribution in [2.45, 2.75) is 17.5 Å². The molecule has 0 aliphatic heterocycles. The zero-order valence-corrected chi connectivity index (χ0v) is 20.5. The summed E-state index contributed by atoms with van der Waals surface area (Å²) in [6.07, 6.45) is 6.80. The van der Waals surface area contributed by atoms with Crippen LogP contribution in [0, 0.1) is 0 Å². The summed E-state index contributed by atoms with van der Waals surface area (Å²) in [5, 5.41) is 18.6. The summed E-state index contributed by atoms with van der Waals surface area (Å²) in [7, 11) is 0. The highest BCUT2D eigenvalue weighted by atomic mass is 35.5. The molecule has 0 aliphatic rings. The van der Waals surface area contributed by atoms with Crippen LogP contribution in [0.3, 0.4) is 0 Å². The van der Waals surface area contributed by atoms with E-state index in [4.69, 9.17) is 33.4 Å². The fourth-order valence-electron chi connectivity index (χ4n) is 2.53. The number of aliphatic carboxylic acids is 2. The Labute approximate surface area is 210 Å². The van der Waals surface area contributed by atoms with E-state index in [0.29, 0.717) is 17.4 Å². The summed E-state index contributed by atoms with van der Waals surface area (Å²) in [5.74, 6) is -1.53. The fraction of sp³-hybridized carbons (Fsp3) is 0.174. The lowest BCUT2D eigenvalue weighted by Gasteiger charge is -2.18. The lowest BCUT2D eigenvalue weighted by atomic mass is 10.1. The number of thioether (sulfide) groups is 2. The van der Waals surface area contributed by atoms with E-state index in [2.05, 4.69) is 33.8 Å². The van der Waals surface area contributed by atoms with Crippen molar-refractivity contribution in [3.8, 4) is 0 Å². The van der Waals surface area contributed by atoms with Gasteiger partial charge in [-0.1, -0.05) is 47.5 Å². The Hall–Kier alpha value is -2.39. The SMILES string of the molecule is Clc1ccc(CSCSC(Cn2ccnc2)c2ccc(Cl)cc2)cc1.O=C(O)C=CC(=O)O. The van der Waals surface area contributed by atoms with Crippen LogP contribution in [0.15, 0.2) is 79.4 Å². The maximum atomic E-state index is 9.55. The van der Waals surface area contributed by atoms with Crippen LogP contribution in [-0.4, -0.2) is 36.8 Å². The molecule has 2 aromatic carbocycles. The number of carbonyl (C=O) groups is 2. The molecule has 0 bridgehead atoms. The molecule has 0 aliphatic carbocycles. The number of carboxylic acid groups (broad SMARTS) is 2. The molecule has 10 heteroatoms. The lowest BCUT2D eigenvalue weighted by Crippen LogP contribution is -2.05. The quantitative estimate of drug-likeness (QED) is 0.183. The second kappa shape index (κ2) is 14.7. The summed E-state index contributed by atoms with van der Waals surface area (Å²) in [4.78, 5) is 23.3. The minimum absolute atomic E-state index is 0.365. The molecule has 3 rings (SSSR count). The van der Waals surface area contributed by atoms with Gasteiger partial charge in [0, 0.05) is 57.2 Å². The van der Waals surface area contributed by atoms with Crippen molar-refractivity contribution >= 4 is 58.7 Å². The van der Waals surface area contributed by atoms with Crippen LogP contribution < -0.4 is 0 Å². The molecule has 0 amide bonds. The van der Waals surface area contributed by atoms with Crippen molar-refractivity contribution in [2.75, 3.05) is 5.08 Å². The topological polar surface area (TPSA) is 92.4 Å². The number of benzene rings is 2. The second-order valence-electron chi connectivity index (χ2n) is 6.57. The van der Waals surface area contributed by atoms with Gasteiger partial charge in [-0.05, 0) is 35.4 Å². The van der Waals surface area contributed by atoms with Gasteiger partial charge in [0.2, 0.25) is 0 Å². The van der Waals surface area contributed by atoms with E-state index in [0.717, 1.165) is 27.4 Å². The Kier molecular flexibility index (Phi) is 12.0. The van der Waals surface area contributed by atoms with Crippen molar-refractivity contribution in [3.63, 3.8) is 0 Å². The van der Waals surface area contributed by atoms with E-state index < -0.39 is 11.9 Å². The first-order chi connectivity index (χ1) is 15.8. The van der Waals surface area contributed by atoms with Gasteiger partial charge in [-0.25, -0.2) is 14.6 Å². The van der Waals surface area contributed by atoms with Gasteiger partial charge in [-0.15, -0.1) is 23.5 Å². The highest BCUT2D eigenvalue weighted by Gasteiger charge is 2.13. The fourth-order valence-corrected chi connectivity index (χ4v) is 5.21. The standard InChI is InChI=1S/C19H18Cl2N2S2.C4H4O4/c20-17-5-1-15(2-6-17)12-24-14-25-19(11-23-10-9-22-13-23)16-3-7-18(21)8-4-16;5-3(6)1-2-4(7)8/h1-10,13,19H,11-12,14H2;1-2H,(H,5,6)(H,7,8). The summed E-state index contributed by atoms with van der Waals surface area (Å²) in [6, 6.07) is 16.2. The van der Waals surface area contributed by atoms with Gasteiger partial charge in [0.05, 0.1) is 6.33 Å². The van der Waals surface area contributed by atoms with E-state index in [1.54, 1.807) is 0 Å². The molecule has 33 heavy (non-hydrogen) atoms. The zero-order valence-electron chi connectivity index (χ0n) is 17.4.